The number of ether oxygens (including phenoxy) is 1. The third kappa shape index (κ3) is 1.18. The lowest BCUT2D eigenvalue weighted by Crippen LogP contribution is -2.29. The summed E-state index contributed by atoms with van der Waals surface area (Å²) in [5, 5.41) is 0. The van der Waals surface area contributed by atoms with Gasteiger partial charge in [0.2, 0.25) is 0 Å². The molecule has 2 heterocycles. The highest BCUT2D eigenvalue weighted by Gasteiger charge is 2.25. The third-order valence-corrected chi connectivity index (χ3v) is 2.49. The van der Waals surface area contributed by atoms with Crippen molar-refractivity contribution >= 4 is 0 Å². The van der Waals surface area contributed by atoms with E-state index in [1.807, 2.05) is 0 Å². The Hall–Kier alpha value is -0.0800. The van der Waals surface area contributed by atoms with E-state index in [-0.39, 0.29) is 0 Å². The maximum Gasteiger partial charge on any atom is 0.110 e. The van der Waals surface area contributed by atoms with Crippen LogP contribution < -0.4 is 0 Å². The summed E-state index contributed by atoms with van der Waals surface area (Å²) in [6.07, 6.45) is 5.89. The van der Waals surface area contributed by atoms with E-state index in [0.29, 0.717) is 6.23 Å². The van der Waals surface area contributed by atoms with E-state index in [2.05, 4.69) is 4.90 Å². The zero-order valence-corrected chi connectivity index (χ0v) is 6.38. The first kappa shape index (κ1) is 6.62. The van der Waals surface area contributed by atoms with Gasteiger partial charge >= 0.3 is 0 Å². The van der Waals surface area contributed by atoms with E-state index in [1.54, 1.807) is 0 Å². The molecule has 2 fully saturated rings. The molecule has 1 unspecified atom stereocenters. The van der Waals surface area contributed by atoms with Gasteiger partial charge in [-0.3, -0.25) is 4.90 Å². The molecule has 2 rings (SSSR count). The van der Waals surface area contributed by atoms with Crippen molar-refractivity contribution in [3.63, 3.8) is 0 Å². The van der Waals surface area contributed by atoms with Crippen LogP contribution >= 0.6 is 0 Å². The Labute approximate surface area is 62.2 Å². The van der Waals surface area contributed by atoms with Crippen LogP contribution in [0.4, 0.5) is 0 Å². The Bertz CT molecular complexity index is 104. The molecule has 0 aromatic heterocycles. The van der Waals surface area contributed by atoms with Gasteiger partial charge in [-0.05, 0) is 19.3 Å². The van der Waals surface area contributed by atoms with Gasteiger partial charge in [0, 0.05) is 13.1 Å². The topological polar surface area (TPSA) is 12.5 Å². The Morgan fingerprint density at radius 1 is 1.10 bits per heavy atom. The Morgan fingerprint density at radius 2 is 2.10 bits per heavy atom. The van der Waals surface area contributed by atoms with Gasteiger partial charge in [0.15, 0.2) is 0 Å². The monoisotopic (exact) mass is 141 g/mol. The summed E-state index contributed by atoms with van der Waals surface area (Å²) >= 11 is 0. The molecule has 0 aromatic carbocycles. The molecule has 2 nitrogen and oxygen atoms in total. The molecular weight excluding hydrogens is 126 g/mol. The predicted octanol–water partition coefficient (Wildman–Crippen LogP) is 1.22. The molecule has 0 aliphatic carbocycles. The second kappa shape index (κ2) is 2.89. The van der Waals surface area contributed by atoms with E-state index in [0.717, 1.165) is 6.61 Å². The lowest BCUT2D eigenvalue weighted by atomic mass is 10.2. The summed E-state index contributed by atoms with van der Waals surface area (Å²) in [6.45, 7) is 3.40. The second-order valence-corrected chi connectivity index (χ2v) is 3.21. The summed E-state index contributed by atoms with van der Waals surface area (Å²) in [5.74, 6) is 0. The standard InChI is InChI=1S/C8H15NO/c1-2-4-8-9(5-3-1)6-7-10-8/h8H,1-7H2. The average molecular weight is 141 g/mol. The quantitative estimate of drug-likeness (QED) is 0.503. The van der Waals surface area contributed by atoms with Crippen LogP contribution in [0.25, 0.3) is 0 Å². The molecule has 0 amide bonds. The lowest BCUT2D eigenvalue weighted by Gasteiger charge is -2.18. The highest BCUT2D eigenvalue weighted by Crippen LogP contribution is 2.20. The van der Waals surface area contributed by atoms with Crippen molar-refractivity contribution in [2.45, 2.75) is 31.9 Å². The van der Waals surface area contributed by atoms with Crippen LogP contribution in [-0.2, 0) is 4.74 Å². The Kier molecular flexibility index (Phi) is 1.91. The first-order valence-corrected chi connectivity index (χ1v) is 4.32. The number of hydrogen-bond acceptors (Lipinski definition) is 2. The molecule has 0 saturated carbocycles. The second-order valence-electron chi connectivity index (χ2n) is 3.21. The number of hydrogen-bond donors (Lipinski definition) is 0. The van der Waals surface area contributed by atoms with Crippen LogP contribution in [0.15, 0.2) is 0 Å². The summed E-state index contributed by atoms with van der Waals surface area (Å²) < 4.78 is 5.56. The van der Waals surface area contributed by atoms with E-state index in [9.17, 15) is 0 Å². The molecule has 58 valence electrons. The van der Waals surface area contributed by atoms with Gasteiger partial charge in [-0.15, -0.1) is 0 Å². The minimum Gasteiger partial charge on any atom is -0.362 e. The maximum atomic E-state index is 5.56. The van der Waals surface area contributed by atoms with Gasteiger partial charge in [0.1, 0.15) is 6.23 Å². The molecule has 0 aromatic rings. The fraction of sp³-hybridized carbons (Fsp3) is 1.00. The van der Waals surface area contributed by atoms with Crippen molar-refractivity contribution in [3.05, 3.63) is 0 Å². The minimum absolute atomic E-state index is 0.488. The molecule has 2 aliphatic rings. The van der Waals surface area contributed by atoms with Crippen molar-refractivity contribution in [2.24, 2.45) is 0 Å². The van der Waals surface area contributed by atoms with Gasteiger partial charge in [-0.25, -0.2) is 0 Å². The van der Waals surface area contributed by atoms with E-state index >= 15 is 0 Å². The Balaban J connectivity index is 1.95. The predicted molar refractivity (Wildman–Crippen MR) is 39.8 cm³/mol. The van der Waals surface area contributed by atoms with E-state index < -0.39 is 0 Å². The zero-order valence-electron chi connectivity index (χ0n) is 6.38. The van der Waals surface area contributed by atoms with Gasteiger partial charge in [0.05, 0.1) is 6.61 Å². The van der Waals surface area contributed by atoms with E-state index in [4.69, 9.17) is 4.74 Å². The number of rotatable bonds is 0. The first-order chi connectivity index (χ1) is 4.97. The molecular formula is C8H15NO. The number of nitrogens with zero attached hydrogens (tertiary/aromatic N) is 1. The van der Waals surface area contributed by atoms with Crippen molar-refractivity contribution in [1.82, 2.24) is 4.90 Å². The normalized spacial score (nSPS) is 35.4. The molecule has 2 heteroatoms. The Morgan fingerprint density at radius 3 is 3.10 bits per heavy atom. The highest BCUT2D eigenvalue weighted by atomic mass is 16.5. The summed E-state index contributed by atoms with van der Waals surface area (Å²) in [7, 11) is 0. The van der Waals surface area contributed by atoms with Crippen molar-refractivity contribution in [1.29, 1.82) is 0 Å². The molecule has 0 radical (unpaired) electrons. The number of fused-ring (bicyclic) bond motifs is 1. The van der Waals surface area contributed by atoms with Gasteiger partial charge < -0.3 is 4.74 Å². The van der Waals surface area contributed by atoms with Crippen LogP contribution in [0.5, 0.6) is 0 Å². The summed E-state index contributed by atoms with van der Waals surface area (Å²) in [4.78, 5) is 2.48. The smallest absolute Gasteiger partial charge is 0.110 e. The SMILES string of the molecule is C1CCC2OCCN2CC1. The first-order valence-electron chi connectivity index (χ1n) is 4.32. The lowest BCUT2D eigenvalue weighted by molar-refractivity contribution is 0.0333. The molecule has 2 saturated heterocycles. The molecule has 0 spiro atoms. The van der Waals surface area contributed by atoms with Gasteiger partial charge in [-0.2, -0.15) is 0 Å². The van der Waals surface area contributed by atoms with Crippen LogP contribution in [0.3, 0.4) is 0 Å². The van der Waals surface area contributed by atoms with Crippen LogP contribution in [-0.4, -0.2) is 30.8 Å². The van der Waals surface area contributed by atoms with Crippen LogP contribution in [0.1, 0.15) is 25.7 Å². The molecule has 10 heavy (non-hydrogen) atoms. The summed E-state index contributed by atoms with van der Waals surface area (Å²) in [5.41, 5.74) is 0. The molecule has 2 aliphatic heterocycles. The average Bonchev–Trinajstić information content (AvgIpc) is 2.28. The molecule has 1 atom stereocenters. The summed E-state index contributed by atoms with van der Waals surface area (Å²) in [6, 6.07) is 0. The fourth-order valence-electron chi connectivity index (χ4n) is 1.89. The van der Waals surface area contributed by atoms with Gasteiger partial charge in [0.25, 0.3) is 0 Å². The third-order valence-electron chi connectivity index (χ3n) is 2.49. The minimum atomic E-state index is 0.488. The zero-order chi connectivity index (χ0) is 6.81. The largest absolute Gasteiger partial charge is 0.362 e. The van der Waals surface area contributed by atoms with Gasteiger partial charge in [-0.1, -0.05) is 6.42 Å². The molecule has 0 N–H and O–H groups in total. The van der Waals surface area contributed by atoms with Crippen LogP contribution in [0.2, 0.25) is 0 Å². The van der Waals surface area contributed by atoms with Crippen molar-refractivity contribution < 1.29 is 4.74 Å². The molecule has 0 bridgehead atoms. The van der Waals surface area contributed by atoms with Crippen LogP contribution in [0, 0.1) is 0 Å². The highest BCUT2D eigenvalue weighted by molar-refractivity contribution is 4.72. The fourth-order valence-corrected chi connectivity index (χ4v) is 1.89. The maximum absolute atomic E-state index is 5.56. The van der Waals surface area contributed by atoms with E-state index in [1.165, 1.54) is 38.8 Å². The van der Waals surface area contributed by atoms with Crippen molar-refractivity contribution in [2.75, 3.05) is 19.7 Å². The van der Waals surface area contributed by atoms with Crippen molar-refractivity contribution in [3.8, 4) is 0 Å².